The second-order valence-corrected chi connectivity index (χ2v) is 6.36. The van der Waals surface area contributed by atoms with Gasteiger partial charge < -0.3 is 10.1 Å². The van der Waals surface area contributed by atoms with Gasteiger partial charge in [0.1, 0.15) is 0 Å². The highest BCUT2D eigenvalue weighted by Crippen LogP contribution is 2.16. The number of hydrogen-bond donors (Lipinski definition) is 1. The van der Waals surface area contributed by atoms with Gasteiger partial charge in [-0.25, -0.2) is 0 Å². The minimum Gasteiger partial charge on any atom is -0.373 e. The highest BCUT2D eigenvalue weighted by atomic mass is 16.5. The third-order valence-corrected chi connectivity index (χ3v) is 3.21. The minimum atomic E-state index is 0.175. The Labute approximate surface area is 124 Å². The Bertz CT molecular complexity index is 400. The van der Waals surface area contributed by atoms with E-state index in [0.717, 1.165) is 6.54 Å². The van der Waals surface area contributed by atoms with E-state index in [9.17, 15) is 0 Å². The molecule has 1 N–H and O–H groups in total. The molecule has 0 fully saturated rings. The Morgan fingerprint density at radius 1 is 1.20 bits per heavy atom. The molecule has 0 aliphatic carbocycles. The van der Waals surface area contributed by atoms with Gasteiger partial charge in [-0.1, -0.05) is 43.3 Å². The minimum absolute atomic E-state index is 0.175. The topological polar surface area (TPSA) is 21.3 Å². The molecule has 1 unspecified atom stereocenters. The van der Waals surface area contributed by atoms with E-state index in [1.165, 1.54) is 11.1 Å². The van der Waals surface area contributed by atoms with Crippen molar-refractivity contribution in [3.05, 3.63) is 47.5 Å². The van der Waals surface area contributed by atoms with E-state index in [1.807, 2.05) is 19.1 Å². The third-order valence-electron chi connectivity index (χ3n) is 3.21. The monoisotopic (exact) mass is 275 g/mol. The summed E-state index contributed by atoms with van der Waals surface area (Å²) in [6, 6.07) is 8.75. The fourth-order valence-corrected chi connectivity index (χ4v) is 1.86. The molecule has 112 valence electrons. The van der Waals surface area contributed by atoms with E-state index in [1.54, 1.807) is 0 Å². The Balaban J connectivity index is 2.44. The van der Waals surface area contributed by atoms with Gasteiger partial charge in [-0.15, -0.1) is 0 Å². The molecule has 0 radical (unpaired) electrons. The standard InChI is InChI=1S/C18H29NO/c1-6-7-12-20-14-16-8-10-17(11-9-16)15(2)13-19-18(3,4)5/h6-11,15,19H,12-14H2,1-5H3/b7-6+. The fraction of sp³-hybridized carbons (Fsp3) is 0.556. The zero-order valence-corrected chi connectivity index (χ0v) is 13.6. The van der Waals surface area contributed by atoms with Crippen molar-refractivity contribution in [1.29, 1.82) is 0 Å². The van der Waals surface area contributed by atoms with Crippen molar-refractivity contribution >= 4 is 0 Å². The molecule has 0 spiro atoms. The zero-order chi connectivity index (χ0) is 15.0. The van der Waals surface area contributed by atoms with Crippen LogP contribution in [0.4, 0.5) is 0 Å². The number of rotatable bonds is 7. The maximum absolute atomic E-state index is 5.55. The number of ether oxygens (including phenoxy) is 1. The molecular weight excluding hydrogens is 246 g/mol. The van der Waals surface area contributed by atoms with E-state index < -0.39 is 0 Å². The molecule has 1 rings (SSSR count). The number of hydrogen-bond acceptors (Lipinski definition) is 2. The summed E-state index contributed by atoms with van der Waals surface area (Å²) in [4.78, 5) is 0. The normalized spacial score (nSPS) is 13.8. The molecule has 2 heteroatoms. The molecule has 0 aromatic heterocycles. The van der Waals surface area contributed by atoms with Crippen LogP contribution in [-0.4, -0.2) is 18.7 Å². The molecule has 0 saturated heterocycles. The van der Waals surface area contributed by atoms with Crippen LogP contribution in [0.3, 0.4) is 0 Å². The average Bonchev–Trinajstić information content (AvgIpc) is 2.41. The first-order valence-corrected chi connectivity index (χ1v) is 7.45. The first kappa shape index (κ1) is 16.9. The summed E-state index contributed by atoms with van der Waals surface area (Å²) >= 11 is 0. The van der Waals surface area contributed by atoms with Crippen LogP contribution >= 0.6 is 0 Å². The summed E-state index contributed by atoms with van der Waals surface area (Å²) in [5.74, 6) is 0.521. The highest BCUT2D eigenvalue weighted by Gasteiger charge is 2.12. The van der Waals surface area contributed by atoms with Crippen LogP contribution in [0.1, 0.15) is 51.7 Å². The fourth-order valence-electron chi connectivity index (χ4n) is 1.86. The SMILES string of the molecule is C/C=C/COCc1ccc(C(C)CNC(C)(C)C)cc1. The van der Waals surface area contributed by atoms with Gasteiger partial charge in [0.25, 0.3) is 0 Å². The summed E-state index contributed by atoms with van der Waals surface area (Å²) in [5.41, 5.74) is 2.78. The van der Waals surface area contributed by atoms with Crippen molar-refractivity contribution in [2.45, 2.75) is 52.7 Å². The van der Waals surface area contributed by atoms with Gasteiger partial charge in [0, 0.05) is 12.1 Å². The van der Waals surface area contributed by atoms with Crippen molar-refractivity contribution in [2.24, 2.45) is 0 Å². The summed E-state index contributed by atoms with van der Waals surface area (Å²) in [5, 5.41) is 3.55. The molecule has 2 nitrogen and oxygen atoms in total. The molecule has 20 heavy (non-hydrogen) atoms. The van der Waals surface area contributed by atoms with Gasteiger partial charge in [-0.2, -0.15) is 0 Å². The largest absolute Gasteiger partial charge is 0.373 e. The molecule has 0 aliphatic heterocycles. The lowest BCUT2D eigenvalue weighted by atomic mass is 9.98. The lowest BCUT2D eigenvalue weighted by molar-refractivity contribution is 0.148. The summed E-state index contributed by atoms with van der Waals surface area (Å²) in [6.07, 6.45) is 4.03. The van der Waals surface area contributed by atoms with Gasteiger partial charge in [-0.05, 0) is 44.7 Å². The van der Waals surface area contributed by atoms with Crippen molar-refractivity contribution in [2.75, 3.05) is 13.2 Å². The van der Waals surface area contributed by atoms with Gasteiger partial charge in [-0.3, -0.25) is 0 Å². The predicted octanol–water partition coefficient (Wildman–Crippen LogP) is 4.27. The molecule has 1 aromatic rings. The maximum Gasteiger partial charge on any atom is 0.0721 e. The van der Waals surface area contributed by atoms with Crippen LogP contribution in [0.25, 0.3) is 0 Å². The predicted molar refractivity (Wildman–Crippen MR) is 87.1 cm³/mol. The molecule has 0 saturated carbocycles. The molecule has 0 aliphatic rings. The average molecular weight is 275 g/mol. The first-order valence-electron chi connectivity index (χ1n) is 7.45. The van der Waals surface area contributed by atoms with Crippen molar-refractivity contribution < 1.29 is 4.74 Å². The summed E-state index contributed by atoms with van der Waals surface area (Å²) in [6.45, 7) is 13.2. The van der Waals surface area contributed by atoms with Gasteiger partial charge in [0.15, 0.2) is 0 Å². The number of nitrogens with one attached hydrogen (secondary N) is 1. The van der Waals surface area contributed by atoms with Crippen LogP contribution < -0.4 is 5.32 Å². The molecule has 0 bridgehead atoms. The Morgan fingerprint density at radius 2 is 1.85 bits per heavy atom. The maximum atomic E-state index is 5.55. The van der Waals surface area contributed by atoms with Crippen LogP contribution in [0.2, 0.25) is 0 Å². The van der Waals surface area contributed by atoms with Crippen LogP contribution in [0, 0.1) is 0 Å². The van der Waals surface area contributed by atoms with Crippen LogP contribution in [0.15, 0.2) is 36.4 Å². The number of benzene rings is 1. The lowest BCUT2D eigenvalue weighted by Crippen LogP contribution is -2.38. The first-order chi connectivity index (χ1) is 9.42. The number of allylic oxidation sites excluding steroid dienone is 1. The summed E-state index contributed by atoms with van der Waals surface area (Å²) < 4.78 is 5.55. The smallest absolute Gasteiger partial charge is 0.0721 e. The quantitative estimate of drug-likeness (QED) is 0.592. The molecule has 0 amide bonds. The Morgan fingerprint density at radius 3 is 2.40 bits per heavy atom. The molecule has 0 heterocycles. The Hall–Kier alpha value is -1.12. The zero-order valence-electron chi connectivity index (χ0n) is 13.6. The molecule has 1 aromatic carbocycles. The van der Waals surface area contributed by atoms with Gasteiger partial charge >= 0.3 is 0 Å². The van der Waals surface area contributed by atoms with Gasteiger partial charge in [0.2, 0.25) is 0 Å². The van der Waals surface area contributed by atoms with Crippen molar-refractivity contribution in [3.63, 3.8) is 0 Å². The highest BCUT2D eigenvalue weighted by molar-refractivity contribution is 5.25. The van der Waals surface area contributed by atoms with Crippen molar-refractivity contribution in [3.8, 4) is 0 Å². The van der Waals surface area contributed by atoms with Crippen LogP contribution in [-0.2, 0) is 11.3 Å². The second kappa shape index (κ2) is 8.23. The molecular formula is C18H29NO. The van der Waals surface area contributed by atoms with E-state index in [0.29, 0.717) is 19.1 Å². The third kappa shape index (κ3) is 6.88. The van der Waals surface area contributed by atoms with E-state index in [2.05, 4.69) is 57.3 Å². The Kier molecular flexibility index (Phi) is 6.97. The second-order valence-electron chi connectivity index (χ2n) is 6.36. The lowest BCUT2D eigenvalue weighted by Gasteiger charge is -2.23. The van der Waals surface area contributed by atoms with E-state index in [4.69, 9.17) is 4.74 Å². The molecule has 1 atom stereocenters. The van der Waals surface area contributed by atoms with Gasteiger partial charge in [0.05, 0.1) is 13.2 Å². The van der Waals surface area contributed by atoms with Crippen LogP contribution in [0.5, 0.6) is 0 Å². The van der Waals surface area contributed by atoms with Crippen molar-refractivity contribution in [1.82, 2.24) is 5.32 Å². The summed E-state index contributed by atoms with van der Waals surface area (Å²) in [7, 11) is 0. The van der Waals surface area contributed by atoms with E-state index in [-0.39, 0.29) is 5.54 Å². The van der Waals surface area contributed by atoms with E-state index >= 15 is 0 Å².